The highest BCUT2D eigenvalue weighted by molar-refractivity contribution is 14.1. The molecule has 4 rings (SSSR count). The lowest BCUT2D eigenvalue weighted by atomic mass is 9.52. The lowest BCUT2D eigenvalue weighted by molar-refractivity contribution is 0.201. The molecular formula is C45H56B5F3I2P6. The molecule has 316 valence electrons. The molecule has 0 spiro atoms. The summed E-state index contributed by atoms with van der Waals surface area (Å²) in [6.07, 6.45) is 1.48. The van der Waals surface area contributed by atoms with Gasteiger partial charge >= 0.3 is 0 Å². The van der Waals surface area contributed by atoms with Gasteiger partial charge in [0.05, 0.1) is 40.1 Å². The molecule has 14 unspecified atom stereocenters. The maximum absolute atomic E-state index is 16.3. The number of alkyl halides is 5. The van der Waals surface area contributed by atoms with Gasteiger partial charge in [-0.1, -0.05) is 183 Å². The Morgan fingerprint density at radius 3 is 1.18 bits per heavy atom. The van der Waals surface area contributed by atoms with Crippen molar-refractivity contribution in [3.05, 3.63) is 107 Å². The molecule has 0 amide bonds. The van der Waals surface area contributed by atoms with E-state index < -0.39 is 44.0 Å². The summed E-state index contributed by atoms with van der Waals surface area (Å²) in [7, 11) is 47.6. The van der Waals surface area contributed by atoms with E-state index in [-0.39, 0.29) is 11.8 Å². The second kappa shape index (κ2) is 19.6. The smallest absolute Gasteiger partial charge is 0.123 e. The fourth-order valence-corrected chi connectivity index (χ4v) is 11.2. The van der Waals surface area contributed by atoms with Crippen molar-refractivity contribution in [3.63, 3.8) is 0 Å². The van der Waals surface area contributed by atoms with Crippen LogP contribution in [0.1, 0.15) is 70.7 Å². The first kappa shape index (κ1) is 54.6. The minimum Gasteiger partial charge on any atom is -0.253 e. The SMILES string of the molecule is [B]C(Cc1cc(CC([B])(P)C(C)(F)P)cc(-c2ccc(-c3ccc(-c4cc(CC(P)(I)C([B])(F)C([B])(C)C)cc(CC(P)(I)C([B])(P)C(C)(C)C)c4)cc3)cc2)c1)C(C)(F)P. The molecule has 0 saturated carbocycles. The topological polar surface area (TPSA) is 0 Å². The largest absolute Gasteiger partial charge is 0.253 e. The second-order valence-corrected chi connectivity index (χ2v) is 31.4. The number of benzene rings is 4. The monoisotopic (exact) mass is 1150 g/mol. The van der Waals surface area contributed by atoms with Gasteiger partial charge in [0, 0.05) is 3.16 Å². The molecule has 14 atom stereocenters. The van der Waals surface area contributed by atoms with Gasteiger partial charge in [-0.3, -0.25) is 4.39 Å². The van der Waals surface area contributed by atoms with Crippen LogP contribution in [0.3, 0.4) is 0 Å². The van der Waals surface area contributed by atoms with Crippen LogP contribution in [0, 0.1) is 5.41 Å². The van der Waals surface area contributed by atoms with Crippen LogP contribution in [0.25, 0.3) is 33.4 Å². The van der Waals surface area contributed by atoms with Crippen LogP contribution in [0.2, 0.25) is 11.1 Å². The highest BCUT2D eigenvalue weighted by Gasteiger charge is 2.51. The van der Waals surface area contributed by atoms with Crippen molar-refractivity contribution >= 4 is 140 Å². The van der Waals surface area contributed by atoms with Crippen molar-refractivity contribution < 1.29 is 13.2 Å². The van der Waals surface area contributed by atoms with E-state index in [1.54, 1.807) is 13.8 Å². The predicted octanol–water partition coefficient (Wildman–Crippen LogP) is 12.7. The van der Waals surface area contributed by atoms with Gasteiger partial charge in [0.15, 0.2) is 0 Å². The van der Waals surface area contributed by atoms with Crippen molar-refractivity contribution in [2.45, 2.75) is 118 Å². The van der Waals surface area contributed by atoms with Gasteiger partial charge in [0.2, 0.25) is 0 Å². The summed E-state index contributed by atoms with van der Waals surface area (Å²) in [5.41, 5.74) is 7.12. The Hall–Kier alpha value is 1.03. The molecule has 0 aromatic heterocycles. The van der Waals surface area contributed by atoms with Gasteiger partial charge in [0.1, 0.15) is 18.7 Å². The van der Waals surface area contributed by atoms with Crippen LogP contribution in [0.5, 0.6) is 0 Å². The van der Waals surface area contributed by atoms with Crippen molar-refractivity contribution in [2.75, 3.05) is 0 Å². The Kier molecular flexibility index (Phi) is 17.5. The molecule has 10 radical (unpaired) electrons. The summed E-state index contributed by atoms with van der Waals surface area (Å²) in [6, 6.07) is 29.0. The Balaban J connectivity index is 1.72. The summed E-state index contributed by atoms with van der Waals surface area (Å²) in [6.45, 7) is 12.5. The second-order valence-electron chi connectivity index (χ2n) is 19.1. The first-order valence-corrected chi connectivity index (χ1v) is 25.6. The standard InChI is InChI=1S/C45H56B5F3I2P6/c1-37(2,3)45(50,61)43(55,60)25-29-17-28(24-42(54,59)44(49,53)38(4,5)47)20-35(21-29)33-14-10-31(11-15-33)30-8-12-32(13-9-30)34-18-26(22-36(46)39(6,51)56)16-27(19-34)23-41(48,58)40(7,52)57/h8-21,36H,22-25,56-61H2,1-7H3. The maximum atomic E-state index is 16.3. The number of rotatable bonds is 16. The Morgan fingerprint density at radius 2 is 0.836 bits per heavy atom. The van der Waals surface area contributed by atoms with Crippen LogP contribution in [0.15, 0.2) is 84.9 Å². The fraction of sp³-hybridized carbons (Fsp3) is 0.467. The van der Waals surface area contributed by atoms with Gasteiger partial charge < -0.3 is 0 Å². The van der Waals surface area contributed by atoms with E-state index >= 15 is 8.78 Å². The summed E-state index contributed by atoms with van der Waals surface area (Å²) >= 11 is 4.53. The zero-order chi connectivity index (χ0) is 46.6. The van der Waals surface area contributed by atoms with Gasteiger partial charge in [-0.15, -0.1) is 37.0 Å². The molecule has 0 bridgehead atoms. The third-order valence-corrected chi connectivity index (χ3v) is 20.0. The zero-order valence-corrected chi connectivity index (χ0v) is 47.5. The highest BCUT2D eigenvalue weighted by Crippen LogP contribution is 2.55. The Labute approximate surface area is 413 Å². The average Bonchev–Trinajstić information content (AvgIpc) is 3.09. The summed E-state index contributed by atoms with van der Waals surface area (Å²) < 4.78 is 44.6. The van der Waals surface area contributed by atoms with Gasteiger partial charge in [0.25, 0.3) is 0 Å². The van der Waals surface area contributed by atoms with Crippen molar-refractivity contribution in [3.8, 4) is 33.4 Å². The van der Waals surface area contributed by atoms with Crippen LogP contribution < -0.4 is 0 Å². The van der Waals surface area contributed by atoms with Crippen molar-refractivity contribution in [2.24, 2.45) is 5.41 Å². The van der Waals surface area contributed by atoms with Crippen molar-refractivity contribution in [1.29, 1.82) is 0 Å². The molecule has 0 aliphatic carbocycles. The Morgan fingerprint density at radius 1 is 0.508 bits per heavy atom. The van der Waals surface area contributed by atoms with Crippen LogP contribution in [0.4, 0.5) is 13.2 Å². The summed E-state index contributed by atoms with van der Waals surface area (Å²) in [4.78, 5) is 0. The molecule has 61 heavy (non-hydrogen) atoms. The molecule has 4 aromatic rings. The molecule has 0 aliphatic rings. The molecule has 0 aliphatic heterocycles. The molecule has 0 heterocycles. The first-order chi connectivity index (χ1) is 27.4. The third-order valence-electron chi connectivity index (χ3n) is 11.9. The van der Waals surface area contributed by atoms with E-state index in [0.29, 0.717) is 19.3 Å². The van der Waals surface area contributed by atoms with Gasteiger partial charge in [-0.05, 0) is 122 Å². The van der Waals surface area contributed by atoms with E-state index in [9.17, 15) is 4.39 Å². The summed E-state index contributed by atoms with van der Waals surface area (Å²) in [5, 5.41) is -6.59. The van der Waals surface area contributed by atoms with Crippen molar-refractivity contribution in [1.82, 2.24) is 0 Å². The fourth-order valence-electron chi connectivity index (χ4n) is 6.98. The lowest BCUT2D eigenvalue weighted by Crippen LogP contribution is -2.52. The zero-order valence-electron chi connectivity index (χ0n) is 36.2. The van der Waals surface area contributed by atoms with Crippen LogP contribution >= 0.6 is 101 Å². The lowest BCUT2D eigenvalue weighted by Gasteiger charge is -2.50. The van der Waals surface area contributed by atoms with E-state index in [1.165, 1.54) is 13.8 Å². The van der Waals surface area contributed by atoms with Gasteiger partial charge in [-0.25, -0.2) is 8.78 Å². The summed E-state index contributed by atoms with van der Waals surface area (Å²) in [5.74, 6) is -0.763. The molecule has 0 N–H and O–H groups in total. The normalized spacial score (nSPS) is 20.1. The number of hydrogen-bond acceptors (Lipinski definition) is 0. The quantitative estimate of drug-likeness (QED) is 0.0454. The molecular weight excluding hydrogens is 1090 g/mol. The molecule has 0 saturated heterocycles. The molecule has 4 aromatic carbocycles. The van der Waals surface area contributed by atoms with Gasteiger partial charge in [-0.2, -0.15) is 0 Å². The predicted molar refractivity (Wildman–Crippen MR) is 304 cm³/mol. The minimum absolute atomic E-state index is 0.223. The molecule has 0 fully saturated rings. The third kappa shape index (κ3) is 13.2. The van der Waals surface area contributed by atoms with E-state index in [2.05, 4.69) is 176 Å². The van der Waals surface area contributed by atoms with E-state index in [4.69, 9.17) is 39.2 Å². The number of halogens is 5. The average molecular weight is 1150 g/mol. The number of hydrogen-bond donors (Lipinski definition) is 0. The molecule has 16 heteroatoms. The van der Waals surface area contributed by atoms with E-state index in [1.807, 2.05) is 30.3 Å². The molecule has 0 nitrogen and oxygen atoms in total. The van der Waals surface area contributed by atoms with Crippen LogP contribution in [-0.2, 0) is 25.7 Å². The minimum atomic E-state index is -2.20. The first-order valence-electron chi connectivity index (χ1n) is 19.9. The van der Waals surface area contributed by atoms with E-state index in [0.717, 1.165) is 55.6 Å². The highest BCUT2D eigenvalue weighted by atomic mass is 127. The maximum Gasteiger partial charge on any atom is 0.123 e. The Bertz CT molecular complexity index is 2100. The van der Waals surface area contributed by atoms with Crippen LogP contribution in [-0.4, -0.2) is 72.1 Å².